The average molecular weight is 432 g/mol. The minimum absolute atomic E-state index is 0.146. The largest absolute Gasteiger partial charge is 0.318 e. The second-order valence-corrected chi connectivity index (χ2v) is 6.96. The zero-order valence-corrected chi connectivity index (χ0v) is 16.5. The van der Waals surface area contributed by atoms with Gasteiger partial charge in [0.05, 0.1) is 11.8 Å². The van der Waals surface area contributed by atoms with Gasteiger partial charge in [-0.05, 0) is 50.2 Å². The highest BCUT2D eigenvalue weighted by Crippen LogP contribution is 2.22. The molecule has 0 fully saturated rings. The normalized spacial score (nSPS) is 11.1. The molecule has 0 aliphatic rings. The number of nitrogens with one attached hydrogen (secondary N) is 1. The third kappa shape index (κ3) is 3.86. The SMILES string of the molecule is Cc1cc(C=NNC(=O)c2cccnc2Cl)c(C)n1-c1cccc(Br)c1. The molecule has 132 valence electrons. The van der Waals surface area contributed by atoms with E-state index < -0.39 is 5.91 Å². The van der Waals surface area contributed by atoms with E-state index in [0.29, 0.717) is 0 Å². The Morgan fingerprint density at radius 2 is 2.08 bits per heavy atom. The number of pyridine rings is 1. The van der Waals surface area contributed by atoms with Crippen LogP contribution in [0.4, 0.5) is 0 Å². The Morgan fingerprint density at radius 1 is 1.27 bits per heavy atom. The first-order chi connectivity index (χ1) is 12.5. The molecule has 0 aliphatic carbocycles. The van der Waals surface area contributed by atoms with Crippen molar-refractivity contribution in [1.29, 1.82) is 0 Å². The van der Waals surface area contributed by atoms with Crippen molar-refractivity contribution in [3.63, 3.8) is 0 Å². The smallest absolute Gasteiger partial charge is 0.274 e. The molecule has 0 atom stereocenters. The van der Waals surface area contributed by atoms with Crippen LogP contribution >= 0.6 is 27.5 Å². The van der Waals surface area contributed by atoms with Gasteiger partial charge in [-0.25, -0.2) is 10.4 Å². The first kappa shape index (κ1) is 18.4. The predicted molar refractivity (Wildman–Crippen MR) is 107 cm³/mol. The molecule has 5 nitrogen and oxygen atoms in total. The van der Waals surface area contributed by atoms with Gasteiger partial charge < -0.3 is 4.57 Å². The average Bonchev–Trinajstić information content (AvgIpc) is 2.89. The van der Waals surface area contributed by atoms with E-state index in [1.165, 1.54) is 6.20 Å². The zero-order chi connectivity index (χ0) is 18.7. The van der Waals surface area contributed by atoms with Gasteiger partial charge in [-0.1, -0.05) is 33.6 Å². The summed E-state index contributed by atoms with van der Waals surface area (Å²) < 4.78 is 3.14. The standard InChI is InChI=1S/C19H16BrClN4O/c1-12-9-14(13(2)25(12)16-6-3-5-15(20)10-16)11-23-24-19(26)17-7-4-8-22-18(17)21/h3-11H,1-2H3,(H,24,26). The van der Waals surface area contributed by atoms with Crippen molar-refractivity contribution < 1.29 is 4.79 Å². The maximum atomic E-state index is 12.1. The lowest BCUT2D eigenvalue weighted by Gasteiger charge is -2.09. The molecule has 0 bridgehead atoms. The molecule has 0 saturated heterocycles. The number of aromatic nitrogens is 2. The van der Waals surface area contributed by atoms with Gasteiger partial charge in [-0.3, -0.25) is 4.79 Å². The van der Waals surface area contributed by atoms with Crippen LogP contribution in [0.5, 0.6) is 0 Å². The minimum atomic E-state index is -0.403. The lowest BCUT2D eigenvalue weighted by Crippen LogP contribution is -2.18. The summed E-state index contributed by atoms with van der Waals surface area (Å²) in [5.74, 6) is -0.403. The number of hydrogen-bond acceptors (Lipinski definition) is 3. The lowest BCUT2D eigenvalue weighted by molar-refractivity contribution is 0.0955. The minimum Gasteiger partial charge on any atom is -0.318 e. The van der Waals surface area contributed by atoms with E-state index in [0.717, 1.165) is 27.1 Å². The fourth-order valence-corrected chi connectivity index (χ4v) is 3.30. The third-order valence-electron chi connectivity index (χ3n) is 3.91. The van der Waals surface area contributed by atoms with Crippen LogP contribution in [-0.4, -0.2) is 21.7 Å². The molecule has 1 amide bonds. The van der Waals surface area contributed by atoms with E-state index >= 15 is 0 Å². The van der Waals surface area contributed by atoms with Gasteiger partial charge in [0.1, 0.15) is 5.15 Å². The molecule has 26 heavy (non-hydrogen) atoms. The summed E-state index contributed by atoms with van der Waals surface area (Å²) in [4.78, 5) is 16.0. The third-order valence-corrected chi connectivity index (χ3v) is 4.70. The molecule has 0 radical (unpaired) electrons. The van der Waals surface area contributed by atoms with E-state index in [1.54, 1.807) is 18.3 Å². The summed E-state index contributed by atoms with van der Waals surface area (Å²) in [6.45, 7) is 4.04. The number of hydrogen-bond donors (Lipinski definition) is 1. The Bertz CT molecular complexity index is 997. The highest BCUT2D eigenvalue weighted by molar-refractivity contribution is 9.10. The Labute approximate surface area is 164 Å². The fourth-order valence-electron chi connectivity index (χ4n) is 2.71. The zero-order valence-electron chi connectivity index (χ0n) is 14.2. The van der Waals surface area contributed by atoms with Crippen LogP contribution in [0.25, 0.3) is 5.69 Å². The summed E-state index contributed by atoms with van der Waals surface area (Å²) in [7, 11) is 0. The van der Waals surface area contributed by atoms with Crippen molar-refractivity contribution in [1.82, 2.24) is 15.0 Å². The topological polar surface area (TPSA) is 59.3 Å². The van der Waals surface area contributed by atoms with Crippen LogP contribution in [0, 0.1) is 13.8 Å². The van der Waals surface area contributed by atoms with Crippen molar-refractivity contribution >= 4 is 39.7 Å². The molecule has 1 N–H and O–H groups in total. The number of halogens is 2. The summed E-state index contributed by atoms with van der Waals surface area (Å²) in [6.07, 6.45) is 3.15. The van der Waals surface area contributed by atoms with E-state index in [1.807, 2.05) is 44.2 Å². The van der Waals surface area contributed by atoms with Crippen molar-refractivity contribution in [2.45, 2.75) is 13.8 Å². The number of rotatable bonds is 4. The van der Waals surface area contributed by atoms with E-state index in [9.17, 15) is 4.79 Å². The molecule has 1 aromatic carbocycles. The quantitative estimate of drug-likeness (QED) is 0.371. The summed E-state index contributed by atoms with van der Waals surface area (Å²) in [5.41, 5.74) is 6.84. The molecule has 0 saturated carbocycles. The van der Waals surface area contributed by atoms with E-state index in [4.69, 9.17) is 11.6 Å². The lowest BCUT2D eigenvalue weighted by atomic mass is 10.2. The summed E-state index contributed by atoms with van der Waals surface area (Å²) >= 11 is 9.41. The molecule has 3 aromatic rings. The summed E-state index contributed by atoms with van der Waals surface area (Å²) in [6, 6.07) is 13.3. The Morgan fingerprint density at radius 3 is 2.81 bits per heavy atom. The van der Waals surface area contributed by atoms with Crippen molar-refractivity contribution in [3.8, 4) is 5.69 Å². The Kier molecular flexibility index (Phi) is 5.54. The van der Waals surface area contributed by atoms with Crippen LogP contribution in [0.3, 0.4) is 0 Å². The second kappa shape index (κ2) is 7.85. The van der Waals surface area contributed by atoms with E-state index in [2.05, 4.69) is 36.0 Å². The van der Waals surface area contributed by atoms with Gasteiger partial charge in [0.25, 0.3) is 5.91 Å². The van der Waals surface area contributed by atoms with Gasteiger partial charge in [-0.2, -0.15) is 5.10 Å². The molecular formula is C19H16BrClN4O. The number of aryl methyl sites for hydroxylation is 1. The maximum Gasteiger partial charge on any atom is 0.274 e. The number of hydrazone groups is 1. The second-order valence-electron chi connectivity index (χ2n) is 5.68. The van der Waals surface area contributed by atoms with Crippen molar-refractivity contribution in [2.24, 2.45) is 5.10 Å². The van der Waals surface area contributed by atoms with Crippen LogP contribution in [0.2, 0.25) is 5.15 Å². The first-order valence-electron chi connectivity index (χ1n) is 7.86. The molecule has 7 heteroatoms. The maximum absolute atomic E-state index is 12.1. The van der Waals surface area contributed by atoms with Crippen molar-refractivity contribution in [3.05, 3.63) is 80.8 Å². The molecule has 3 rings (SSSR count). The van der Waals surface area contributed by atoms with E-state index in [-0.39, 0.29) is 10.7 Å². The first-order valence-corrected chi connectivity index (χ1v) is 9.03. The van der Waals surface area contributed by atoms with Gasteiger partial charge >= 0.3 is 0 Å². The van der Waals surface area contributed by atoms with Gasteiger partial charge in [0.15, 0.2) is 0 Å². The number of carbonyl (C=O) groups is 1. The highest BCUT2D eigenvalue weighted by Gasteiger charge is 2.11. The molecule has 0 unspecified atom stereocenters. The molecular weight excluding hydrogens is 416 g/mol. The monoisotopic (exact) mass is 430 g/mol. The number of carbonyl (C=O) groups excluding carboxylic acids is 1. The molecule has 2 heterocycles. The van der Waals surface area contributed by atoms with Crippen molar-refractivity contribution in [2.75, 3.05) is 0 Å². The van der Waals surface area contributed by atoms with Crippen LogP contribution in [0.1, 0.15) is 27.3 Å². The number of benzene rings is 1. The van der Waals surface area contributed by atoms with Crippen LogP contribution in [0.15, 0.2) is 58.2 Å². The Hall–Kier alpha value is -2.44. The van der Waals surface area contributed by atoms with Gasteiger partial charge in [0.2, 0.25) is 0 Å². The number of amides is 1. The fraction of sp³-hybridized carbons (Fsp3) is 0.105. The number of nitrogens with zero attached hydrogens (tertiary/aromatic N) is 3. The van der Waals surface area contributed by atoms with Gasteiger partial charge in [-0.15, -0.1) is 0 Å². The molecule has 0 spiro atoms. The van der Waals surface area contributed by atoms with Crippen LogP contribution in [-0.2, 0) is 0 Å². The Balaban J connectivity index is 1.81. The molecule has 0 aliphatic heterocycles. The highest BCUT2D eigenvalue weighted by atomic mass is 79.9. The van der Waals surface area contributed by atoms with Crippen LogP contribution < -0.4 is 5.43 Å². The van der Waals surface area contributed by atoms with Gasteiger partial charge in [0, 0.05) is 33.3 Å². The summed E-state index contributed by atoms with van der Waals surface area (Å²) in [5, 5.41) is 4.20. The predicted octanol–water partition coefficient (Wildman–Crippen LogP) is 4.67. The molecule has 2 aromatic heterocycles.